The molecule has 0 heterocycles. The largest absolute Gasteiger partial charge is 0.329 e. The van der Waals surface area contributed by atoms with Gasteiger partial charge in [0, 0.05) is 12.1 Å². The molecular formula is C10H20F2N2. The molecule has 4 heteroatoms. The number of alkyl halides is 2. The molecule has 0 aromatic heterocycles. The third-order valence-electron chi connectivity index (χ3n) is 3.33. The second-order valence-electron chi connectivity index (χ2n) is 4.07. The molecule has 14 heavy (non-hydrogen) atoms. The van der Waals surface area contributed by atoms with E-state index in [4.69, 9.17) is 5.73 Å². The SMILES string of the molecule is CCN(CC(F)F)C1(CN)CCCC1. The van der Waals surface area contributed by atoms with Gasteiger partial charge in [-0.1, -0.05) is 19.8 Å². The number of likely N-dealkylation sites (N-methyl/N-ethyl adjacent to an activating group) is 1. The molecule has 0 saturated heterocycles. The van der Waals surface area contributed by atoms with Gasteiger partial charge in [-0.3, -0.25) is 4.90 Å². The maximum absolute atomic E-state index is 12.3. The van der Waals surface area contributed by atoms with Gasteiger partial charge in [-0.05, 0) is 19.4 Å². The average Bonchev–Trinajstić information content (AvgIpc) is 2.63. The number of nitrogens with two attached hydrogens (primary N) is 1. The number of hydrogen-bond donors (Lipinski definition) is 1. The van der Waals surface area contributed by atoms with Crippen molar-refractivity contribution in [3.63, 3.8) is 0 Å². The van der Waals surface area contributed by atoms with Crippen LogP contribution in [-0.2, 0) is 0 Å². The van der Waals surface area contributed by atoms with Crippen molar-refractivity contribution in [2.24, 2.45) is 5.73 Å². The molecule has 1 rings (SSSR count). The monoisotopic (exact) mass is 206 g/mol. The molecule has 1 aliphatic rings. The minimum Gasteiger partial charge on any atom is -0.329 e. The highest BCUT2D eigenvalue weighted by Gasteiger charge is 2.38. The topological polar surface area (TPSA) is 29.3 Å². The molecule has 2 nitrogen and oxygen atoms in total. The van der Waals surface area contributed by atoms with Crippen molar-refractivity contribution in [2.45, 2.75) is 44.6 Å². The van der Waals surface area contributed by atoms with Crippen molar-refractivity contribution in [1.82, 2.24) is 4.90 Å². The van der Waals surface area contributed by atoms with E-state index in [1.165, 1.54) is 0 Å². The van der Waals surface area contributed by atoms with Crippen molar-refractivity contribution in [2.75, 3.05) is 19.6 Å². The first-order chi connectivity index (χ1) is 6.64. The van der Waals surface area contributed by atoms with E-state index in [0.29, 0.717) is 13.1 Å². The molecule has 0 aromatic carbocycles. The summed E-state index contributed by atoms with van der Waals surface area (Å²) < 4.78 is 24.7. The molecule has 2 N–H and O–H groups in total. The van der Waals surface area contributed by atoms with E-state index in [1.54, 1.807) is 0 Å². The lowest BCUT2D eigenvalue weighted by molar-refractivity contribution is 0.0277. The molecule has 0 bridgehead atoms. The lowest BCUT2D eigenvalue weighted by Gasteiger charge is -2.39. The fourth-order valence-corrected chi connectivity index (χ4v) is 2.51. The standard InChI is InChI=1S/C10H20F2N2/c1-2-14(7-9(11)12)10(8-13)5-3-4-6-10/h9H,2-8,13H2,1H3. The molecule has 0 aliphatic heterocycles. The average molecular weight is 206 g/mol. The lowest BCUT2D eigenvalue weighted by Crippen LogP contribution is -2.53. The van der Waals surface area contributed by atoms with Gasteiger partial charge in [0.15, 0.2) is 0 Å². The van der Waals surface area contributed by atoms with Gasteiger partial charge in [-0.2, -0.15) is 0 Å². The van der Waals surface area contributed by atoms with Crippen molar-refractivity contribution in [1.29, 1.82) is 0 Å². The molecule has 0 amide bonds. The third-order valence-corrected chi connectivity index (χ3v) is 3.33. The first-order valence-electron chi connectivity index (χ1n) is 5.38. The van der Waals surface area contributed by atoms with Crippen LogP contribution in [0.2, 0.25) is 0 Å². The predicted octanol–water partition coefficient (Wildman–Crippen LogP) is 1.84. The summed E-state index contributed by atoms with van der Waals surface area (Å²) >= 11 is 0. The Kier molecular flexibility index (Phi) is 4.26. The smallest absolute Gasteiger partial charge is 0.251 e. The van der Waals surface area contributed by atoms with Crippen LogP contribution in [0.1, 0.15) is 32.6 Å². The predicted molar refractivity (Wildman–Crippen MR) is 53.5 cm³/mol. The minimum absolute atomic E-state index is 0.131. The maximum atomic E-state index is 12.3. The summed E-state index contributed by atoms with van der Waals surface area (Å²) in [4.78, 5) is 1.87. The Morgan fingerprint density at radius 1 is 1.36 bits per heavy atom. The fraction of sp³-hybridized carbons (Fsp3) is 1.00. The highest BCUT2D eigenvalue weighted by Crippen LogP contribution is 2.34. The number of nitrogens with zero attached hydrogens (tertiary/aromatic N) is 1. The Hall–Kier alpha value is -0.220. The Morgan fingerprint density at radius 3 is 2.29 bits per heavy atom. The van der Waals surface area contributed by atoms with Crippen LogP contribution < -0.4 is 5.73 Å². The van der Waals surface area contributed by atoms with E-state index in [0.717, 1.165) is 25.7 Å². The van der Waals surface area contributed by atoms with Gasteiger partial charge in [0.25, 0.3) is 6.43 Å². The van der Waals surface area contributed by atoms with Crippen LogP contribution in [0.4, 0.5) is 8.78 Å². The van der Waals surface area contributed by atoms with Gasteiger partial charge >= 0.3 is 0 Å². The number of rotatable bonds is 5. The Labute approximate surface area is 84.4 Å². The summed E-state index contributed by atoms with van der Waals surface area (Å²) in [6.07, 6.45) is 1.95. The highest BCUT2D eigenvalue weighted by molar-refractivity contribution is 4.95. The van der Waals surface area contributed by atoms with Crippen LogP contribution in [-0.4, -0.2) is 36.5 Å². The van der Waals surface area contributed by atoms with E-state index in [9.17, 15) is 8.78 Å². The third kappa shape index (κ3) is 2.42. The summed E-state index contributed by atoms with van der Waals surface area (Å²) in [5.41, 5.74) is 5.60. The minimum atomic E-state index is -2.25. The van der Waals surface area contributed by atoms with Gasteiger partial charge in [0.2, 0.25) is 0 Å². The van der Waals surface area contributed by atoms with Crippen LogP contribution in [0.3, 0.4) is 0 Å². The zero-order chi connectivity index (χ0) is 10.6. The van der Waals surface area contributed by atoms with Crippen LogP contribution in [0.25, 0.3) is 0 Å². The highest BCUT2D eigenvalue weighted by atomic mass is 19.3. The molecule has 0 atom stereocenters. The summed E-state index contributed by atoms with van der Waals surface area (Å²) in [5.74, 6) is 0. The first-order valence-corrected chi connectivity index (χ1v) is 5.38. The molecule has 84 valence electrons. The zero-order valence-corrected chi connectivity index (χ0v) is 8.81. The van der Waals surface area contributed by atoms with Crippen molar-refractivity contribution in [3.8, 4) is 0 Å². The molecule has 1 fully saturated rings. The molecule has 0 unspecified atom stereocenters. The second-order valence-corrected chi connectivity index (χ2v) is 4.07. The fourth-order valence-electron chi connectivity index (χ4n) is 2.51. The molecule has 0 spiro atoms. The van der Waals surface area contributed by atoms with Crippen molar-refractivity contribution >= 4 is 0 Å². The van der Waals surface area contributed by atoms with Crippen molar-refractivity contribution in [3.05, 3.63) is 0 Å². The number of hydrogen-bond acceptors (Lipinski definition) is 2. The van der Waals surface area contributed by atoms with Gasteiger partial charge in [-0.15, -0.1) is 0 Å². The zero-order valence-electron chi connectivity index (χ0n) is 8.81. The van der Waals surface area contributed by atoms with E-state index in [-0.39, 0.29) is 12.1 Å². The molecule has 0 radical (unpaired) electrons. The first kappa shape index (κ1) is 11.9. The van der Waals surface area contributed by atoms with Crippen LogP contribution in [0, 0.1) is 0 Å². The number of halogens is 2. The van der Waals surface area contributed by atoms with E-state index in [2.05, 4.69) is 0 Å². The summed E-state index contributed by atoms with van der Waals surface area (Å²) in [6.45, 7) is 2.97. The van der Waals surface area contributed by atoms with E-state index in [1.807, 2.05) is 11.8 Å². The lowest BCUT2D eigenvalue weighted by atomic mass is 9.95. The summed E-state index contributed by atoms with van der Waals surface area (Å²) in [7, 11) is 0. The van der Waals surface area contributed by atoms with Gasteiger partial charge in [0.1, 0.15) is 0 Å². The van der Waals surface area contributed by atoms with Gasteiger partial charge in [-0.25, -0.2) is 8.78 Å². The van der Waals surface area contributed by atoms with Crippen LogP contribution in [0.15, 0.2) is 0 Å². The maximum Gasteiger partial charge on any atom is 0.251 e. The summed E-state index contributed by atoms with van der Waals surface area (Å²) in [5, 5.41) is 0. The molecule has 1 saturated carbocycles. The van der Waals surface area contributed by atoms with Crippen molar-refractivity contribution < 1.29 is 8.78 Å². The Bertz CT molecular complexity index is 168. The van der Waals surface area contributed by atoms with Gasteiger partial charge in [0.05, 0.1) is 6.54 Å². The van der Waals surface area contributed by atoms with Crippen LogP contribution >= 0.6 is 0 Å². The van der Waals surface area contributed by atoms with Crippen LogP contribution in [0.5, 0.6) is 0 Å². The Morgan fingerprint density at radius 2 is 1.93 bits per heavy atom. The normalized spacial score (nSPS) is 21.0. The quantitative estimate of drug-likeness (QED) is 0.743. The summed E-state index contributed by atoms with van der Waals surface area (Å²) in [6, 6.07) is 0. The molecule has 1 aliphatic carbocycles. The van der Waals surface area contributed by atoms with Gasteiger partial charge < -0.3 is 5.73 Å². The Balaban J connectivity index is 2.63. The van der Waals surface area contributed by atoms with E-state index >= 15 is 0 Å². The second kappa shape index (κ2) is 5.03. The molecular weight excluding hydrogens is 186 g/mol. The van der Waals surface area contributed by atoms with E-state index < -0.39 is 6.43 Å². The molecule has 0 aromatic rings.